The zero-order chi connectivity index (χ0) is 9.14. The molecular formula is C8H11Cl2N3OZn. The molecule has 15 heavy (non-hydrogen) atoms. The zero-order valence-corrected chi connectivity index (χ0v) is 13.1. The molecule has 0 aliphatic carbocycles. The number of benzene rings is 1. The molecule has 0 saturated carbocycles. The summed E-state index contributed by atoms with van der Waals surface area (Å²) in [6.07, 6.45) is 0. The van der Waals surface area contributed by atoms with Gasteiger partial charge in [-0.1, -0.05) is 0 Å². The Hall–Kier alpha value is -0.557. The Morgan fingerprint density at radius 3 is 2.20 bits per heavy atom. The summed E-state index contributed by atoms with van der Waals surface area (Å²) in [6.45, 7) is 0. The number of phenols is 1. The van der Waals surface area contributed by atoms with Crippen molar-refractivity contribution >= 4 is 23.8 Å². The number of phenolic OH excluding ortho intramolecular Hbond substituents is 1. The minimum Gasteiger partial charge on any atom is -1.00 e. The van der Waals surface area contributed by atoms with E-state index in [1.165, 1.54) is 6.07 Å². The number of diazo groups is 1. The van der Waals surface area contributed by atoms with Gasteiger partial charge in [0.2, 0.25) is 5.39 Å². The monoisotopic (exact) mass is 299 g/mol. The van der Waals surface area contributed by atoms with E-state index in [-0.39, 0.29) is 50.0 Å². The maximum absolute atomic E-state index is 9.38. The molecule has 0 aliphatic heterocycles. The number of rotatable bonds is 1. The van der Waals surface area contributed by atoms with Gasteiger partial charge in [-0.15, -0.1) is 12.4 Å². The Labute approximate surface area is 114 Å². The Balaban J connectivity index is -0.000000480. The molecule has 1 N–H and O–H groups in total. The molecule has 0 aromatic heterocycles. The molecule has 80 valence electrons. The van der Waals surface area contributed by atoms with Crippen molar-refractivity contribution in [2.24, 2.45) is 0 Å². The van der Waals surface area contributed by atoms with E-state index in [2.05, 4.69) is 4.98 Å². The minimum atomic E-state index is 0. The first-order chi connectivity index (χ1) is 5.65. The summed E-state index contributed by atoms with van der Waals surface area (Å²) < 4.78 is 0. The number of anilines is 1. The quantitative estimate of drug-likeness (QED) is 0.555. The first kappa shape index (κ1) is 19.9. The number of hydrogen-bond acceptors (Lipinski definition) is 3. The molecule has 0 spiro atoms. The van der Waals surface area contributed by atoms with Crippen LogP contribution < -0.4 is 17.3 Å². The van der Waals surface area contributed by atoms with Crippen LogP contribution in [0.2, 0.25) is 0 Å². The van der Waals surface area contributed by atoms with Crippen molar-refractivity contribution < 1.29 is 37.0 Å². The molecule has 0 heterocycles. The SMILES string of the molecule is CN(C)c1ccc([N+]#N)cc1O.Cl.[Cl-].[Zn]. The predicted molar refractivity (Wildman–Crippen MR) is 54.4 cm³/mol. The van der Waals surface area contributed by atoms with Crippen molar-refractivity contribution in [3.63, 3.8) is 0 Å². The first-order valence-corrected chi connectivity index (χ1v) is 3.50. The van der Waals surface area contributed by atoms with Gasteiger partial charge in [-0.25, -0.2) is 0 Å². The van der Waals surface area contributed by atoms with E-state index < -0.39 is 0 Å². The van der Waals surface area contributed by atoms with E-state index in [1.54, 1.807) is 17.0 Å². The smallest absolute Gasteiger partial charge is 0.388 e. The van der Waals surface area contributed by atoms with Crippen LogP contribution in [0, 0.1) is 5.39 Å². The number of halogens is 2. The van der Waals surface area contributed by atoms with Crippen molar-refractivity contribution in [2.75, 3.05) is 19.0 Å². The summed E-state index contributed by atoms with van der Waals surface area (Å²) >= 11 is 0. The fourth-order valence-corrected chi connectivity index (χ4v) is 0.952. The molecule has 0 amide bonds. The summed E-state index contributed by atoms with van der Waals surface area (Å²) in [5, 5.41) is 17.8. The molecule has 0 fully saturated rings. The van der Waals surface area contributed by atoms with Crippen molar-refractivity contribution in [1.82, 2.24) is 0 Å². The second-order valence-corrected chi connectivity index (χ2v) is 2.67. The number of aromatic hydroxyl groups is 1. The fourth-order valence-electron chi connectivity index (χ4n) is 0.952. The van der Waals surface area contributed by atoms with Gasteiger partial charge in [-0.05, 0) is 6.07 Å². The van der Waals surface area contributed by atoms with Crippen LogP contribution in [-0.4, -0.2) is 19.2 Å². The number of hydrogen-bond donors (Lipinski definition) is 1. The van der Waals surface area contributed by atoms with Crippen LogP contribution in [0.1, 0.15) is 0 Å². The minimum absolute atomic E-state index is 0. The van der Waals surface area contributed by atoms with Crippen LogP contribution in [0.4, 0.5) is 11.4 Å². The van der Waals surface area contributed by atoms with Crippen molar-refractivity contribution in [2.45, 2.75) is 0 Å². The Morgan fingerprint density at radius 2 is 1.87 bits per heavy atom. The van der Waals surface area contributed by atoms with E-state index >= 15 is 0 Å². The maximum atomic E-state index is 9.38. The zero-order valence-electron chi connectivity index (χ0n) is 8.51. The van der Waals surface area contributed by atoms with E-state index in [0.29, 0.717) is 11.4 Å². The third-order valence-corrected chi connectivity index (χ3v) is 1.56. The van der Waals surface area contributed by atoms with E-state index in [0.717, 1.165) is 0 Å². The molecular weight excluding hydrogens is 290 g/mol. The van der Waals surface area contributed by atoms with Gasteiger partial charge in [0.15, 0.2) is 4.98 Å². The third kappa shape index (κ3) is 5.18. The van der Waals surface area contributed by atoms with E-state index in [9.17, 15) is 5.11 Å². The molecule has 0 unspecified atom stereocenters. The molecule has 4 nitrogen and oxygen atoms in total. The molecule has 7 heteroatoms. The van der Waals surface area contributed by atoms with Gasteiger partial charge in [-0.2, -0.15) is 0 Å². The summed E-state index contributed by atoms with van der Waals surface area (Å²) in [7, 11) is 3.65. The molecule has 0 bridgehead atoms. The van der Waals surface area contributed by atoms with Gasteiger partial charge in [-0.3, -0.25) is 0 Å². The van der Waals surface area contributed by atoms with Gasteiger partial charge in [0, 0.05) is 39.6 Å². The summed E-state index contributed by atoms with van der Waals surface area (Å²) in [5.74, 6) is 0.107. The van der Waals surface area contributed by atoms with E-state index in [4.69, 9.17) is 5.39 Å². The van der Waals surface area contributed by atoms with Crippen molar-refractivity contribution in [1.29, 1.82) is 5.39 Å². The molecule has 0 atom stereocenters. The van der Waals surface area contributed by atoms with Gasteiger partial charge < -0.3 is 22.4 Å². The largest absolute Gasteiger partial charge is 1.00 e. The van der Waals surface area contributed by atoms with Gasteiger partial charge in [0.1, 0.15) is 5.75 Å². The number of nitrogens with zero attached hydrogens (tertiary/aromatic N) is 3. The third-order valence-electron chi connectivity index (χ3n) is 1.56. The van der Waals surface area contributed by atoms with Crippen LogP contribution in [0.15, 0.2) is 18.2 Å². The Morgan fingerprint density at radius 1 is 1.33 bits per heavy atom. The van der Waals surface area contributed by atoms with Crippen LogP contribution in [-0.2, 0) is 19.5 Å². The standard InChI is InChI=1S/C8H9N3O.2ClH.Zn/c1-11(2)7-4-3-6(10-9)5-8(7)12;;;/h3-5H,1-2H3;2*1H;. The Bertz CT molecular complexity index is 341. The normalized spacial score (nSPS) is 7.27. The van der Waals surface area contributed by atoms with Crippen LogP contribution in [0.5, 0.6) is 5.75 Å². The average molecular weight is 301 g/mol. The summed E-state index contributed by atoms with van der Waals surface area (Å²) in [5.41, 5.74) is 1.04. The molecule has 1 aromatic rings. The molecule has 0 radical (unpaired) electrons. The Kier molecular flexibility index (Phi) is 11.6. The fraction of sp³-hybridized carbons (Fsp3) is 0.250. The van der Waals surface area contributed by atoms with E-state index in [1.807, 2.05) is 14.1 Å². The van der Waals surface area contributed by atoms with Gasteiger partial charge >= 0.3 is 5.69 Å². The van der Waals surface area contributed by atoms with Crippen LogP contribution in [0.25, 0.3) is 4.98 Å². The molecule has 1 rings (SSSR count). The van der Waals surface area contributed by atoms with Gasteiger partial charge in [0.25, 0.3) is 0 Å². The van der Waals surface area contributed by atoms with Crippen LogP contribution in [0.3, 0.4) is 0 Å². The van der Waals surface area contributed by atoms with Gasteiger partial charge in [0.05, 0.1) is 11.8 Å². The summed E-state index contributed by atoms with van der Waals surface area (Å²) in [4.78, 5) is 4.73. The second kappa shape index (κ2) is 8.73. The maximum Gasteiger partial charge on any atom is 0.388 e. The average Bonchev–Trinajstić information content (AvgIpc) is 2.03. The molecule has 1 aromatic carbocycles. The second-order valence-electron chi connectivity index (χ2n) is 2.67. The summed E-state index contributed by atoms with van der Waals surface area (Å²) in [6, 6.07) is 4.70. The van der Waals surface area contributed by atoms with Crippen molar-refractivity contribution in [3.8, 4) is 5.75 Å². The predicted octanol–water partition coefficient (Wildman–Crippen LogP) is -0.634. The molecule has 0 saturated heterocycles. The first-order valence-electron chi connectivity index (χ1n) is 3.50. The van der Waals surface area contributed by atoms with Crippen LogP contribution >= 0.6 is 12.4 Å². The topological polar surface area (TPSA) is 51.6 Å². The van der Waals surface area contributed by atoms with Crippen molar-refractivity contribution in [3.05, 3.63) is 23.2 Å². The molecule has 0 aliphatic rings.